The second-order valence-corrected chi connectivity index (χ2v) is 7.04. The average Bonchev–Trinajstić information content (AvgIpc) is 2.62. The molecule has 0 aliphatic carbocycles. The van der Waals surface area contributed by atoms with Crippen LogP contribution < -0.4 is 4.72 Å². The standard InChI is InChI=1S/C19H16FNO2S/c20-17-13-11-16(12-14-17)19(15-7-3-1-4-8-15)21-24(22,23)18-9-5-2-6-10-18/h1-14,19,21H. The molecule has 3 aromatic rings. The van der Waals surface area contributed by atoms with Crippen LogP contribution in [0.3, 0.4) is 0 Å². The molecule has 3 aromatic carbocycles. The molecule has 1 atom stereocenters. The molecule has 0 heterocycles. The summed E-state index contributed by atoms with van der Waals surface area (Å²) in [6.07, 6.45) is 0. The van der Waals surface area contributed by atoms with E-state index in [0.717, 1.165) is 5.56 Å². The van der Waals surface area contributed by atoms with Crippen molar-refractivity contribution in [3.8, 4) is 0 Å². The van der Waals surface area contributed by atoms with Gasteiger partial charge in [0.1, 0.15) is 5.82 Å². The molecule has 3 nitrogen and oxygen atoms in total. The molecule has 0 radical (unpaired) electrons. The number of benzene rings is 3. The molecule has 0 bridgehead atoms. The van der Waals surface area contributed by atoms with Gasteiger partial charge in [-0.2, -0.15) is 4.72 Å². The van der Waals surface area contributed by atoms with E-state index in [-0.39, 0.29) is 10.7 Å². The van der Waals surface area contributed by atoms with Crippen LogP contribution in [0.25, 0.3) is 0 Å². The van der Waals surface area contributed by atoms with Gasteiger partial charge in [0.2, 0.25) is 10.0 Å². The van der Waals surface area contributed by atoms with E-state index < -0.39 is 16.1 Å². The Morgan fingerprint density at radius 1 is 0.708 bits per heavy atom. The molecular weight excluding hydrogens is 325 g/mol. The largest absolute Gasteiger partial charge is 0.241 e. The van der Waals surface area contributed by atoms with E-state index >= 15 is 0 Å². The Bertz CT molecular complexity index is 895. The maximum absolute atomic E-state index is 13.2. The highest BCUT2D eigenvalue weighted by atomic mass is 32.2. The third kappa shape index (κ3) is 3.69. The van der Waals surface area contributed by atoms with Gasteiger partial charge in [0.25, 0.3) is 0 Å². The number of sulfonamides is 1. The first-order chi connectivity index (χ1) is 11.6. The zero-order valence-electron chi connectivity index (χ0n) is 12.8. The molecular formula is C19H16FNO2S. The summed E-state index contributed by atoms with van der Waals surface area (Å²) in [6, 6.07) is 22.6. The quantitative estimate of drug-likeness (QED) is 0.765. The molecule has 0 saturated carbocycles. The van der Waals surface area contributed by atoms with Crippen molar-refractivity contribution in [2.45, 2.75) is 10.9 Å². The summed E-state index contributed by atoms with van der Waals surface area (Å²) in [5.74, 6) is -0.364. The van der Waals surface area contributed by atoms with Gasteiger partial charge >= 0.3 is 0 Å². The molecule has 3 rings (SSSR count). The molecule has 0 fully saturated rings. The minimum absolute atomic E-state index is 0.188. The summed E-state index contributed by atoms with van der Waals surface area (Å²) in [7, 11) is -3.71. The summed E-state index contributed by atoms with van der Waals surface area (Å²) >= 11 is 0. The first-order valence-electron chi connectivity index (χ1n) is 7.44. The Morgan fingerprint density at radius 2 is 1.21 bits per heavy atom. The van der Waals surface area contributed by atoms with Crippen molar-refractivity contribution < 1.29 is 12.8 Å². The maximum Gasteiger partial charge on any atom is 0.241 e. The van der Waals surface area contributed by atoms with Crippen LogP contribution in [0.2, 0.25) is 0 Å². The predicted octanol–water partition coefficient (Wildman–Crippen LogP) is 3.89. The van der Waals surface area contributed by atoms with E-state index in [0.29, 0.717) is 5.56 Å². The van der Waals surface area contributed by atoms with Crippen molar-refractivity contribution in [2.75, 3.05) is 0 Å². The molecule has 1 unspecified atom stereocenters. The summed E-state index contributed by atoms with van der Waals surface area (Å²) in [5, 5.41) is 0. The smallest absolute Gasteiger partial charge is 0.207 e. The normalized spacial score (nSPS) is 12.7. The Balaban J connectivity index is 2.01. The monoisotopic (exact) mass is 341 g/mol. The van der Waals surface area contributed by atoms with Crippen LogP contribution in [0.1, 0.15) is 17.2 Å². The van der Waals surface area contributed by atoms with Gasteiger partial charge in [0.05, 0.1) is 10.9 Å². The van der Waals surface area contributed by atoms with Gasteiger partial charge in [0.15, 0.2) is 0 Å². The highest BCUT2D eigenvalue weighted by molar-refractivity contribution is 7.89. The number of rotatable bonds is 5. The van der Waals surface area contributed by atoms with Gasteiger partial charge in [-0.05, 0) is 35.4 Å². The summed E-state index contributed by atoms with van der Waals surface area (Å²) in [4.78, 5) is 0.188. The van der Waals surface area contributed by atoms with E-state index in [9.17, 15) is 12.8 Å². The van der Waals surface area contributed by atoms with Crippen LogP contribution in [0.15, 0.2) is 89.8 Å². The average molecular weight is 341 g/mol. The number of hydrogen-bond donors (Lipinski definition) is 1. The van der Waals surface area contributed by atoms with E-state index in [1.54, 1.807) is 30.3 Å². The highest BCUT2D eigenvalue weighted by Gasteiger charge is 2.22. The van der Waals surface area contributed by atoms with Crippen LogP contribution in [0, 0.1) is 5.82 Å². The third-order valence-electron chi connectivity index (χ3n) is 3.66. The lowest BCUT2D eigenvalue weighted by Crippen LogP contribution is -2.29. The molecule has 0 aliphatic rings. The number of hydrogen-bond acceptors (Lipinski definition) is 2. The Kier molecular flexibility index (Phi) is 4.74. The fraction of sp³-hybridized carbons (Fsp3) is 0.0526. The molecule has 0 aromatic heterocycles. The second kappa shape index (κ2) is 6.95. The molecule has 0 spiro atoms. The number of halogens is 1. The number of nitrogens with one attached hydrogen (secondary N) is 1. The van der Waals surface area contributed by atoms with Gasteiger partial charge in [-0.3, -0.25) is 0 Å². The minimum atomic E-state index is -3.71. The maximum atomic E-state index is 13.2. The lowest BCUT2D eigenvalue weighted by atomic mass is 10.00. The van der Waals surface area contributed by atoms with Crippen LogP contribution in [-0.4, -0.2) is 8.42 Å². The van der Waals surface area contributed by atoms with Gasteiger partial charge in [-0.25, -0.2) is 12.8 Å². The van der Waals surface area contributed by atoms with Crippen molar-refractivity contribution >= 4 is 10.0 Å². The molecule has 122 valence electrons. The lowest BCUT2D eigenvalue weighted by molar-refractivity contribution is 0.571. The van der Waals surface area contributed by atoms with Crippen molar-refractivity contribution in [1.29, 1.82) is 0 Å². The summed E-state index contributed by atoms with van der Waals surface area (Å²) < 4.78 is 41.3. The van der Waals surface area contributed by atoms with Crippen molar-refractivity contribution in [3.05, 3.63) is 102 Å². The Morgan fingerprint density at radius 3 is 1.79 bits per heavy atom. The molecule has 24 heavy (non-hydrogen) atoms. The van der Waals surface area contributed by atoms with Crippen LogP contribution in [0.5, 0.6) is 0 Å². The van der Waals surface area contributed by atoms with E-state index in [4.69, 9.17) is 0 Å². The van der Waals surface area contributed by atoms with Crippen molar-refractivity contribution in [2.24, 2.45) is 0 Å². The fourth-order valence-electron chi connectivity index (χ4n) is 2.45. The molecule has 0 amide bonds. The Hall–Kier alpha value is -2.50. The van der Waals surface area contributed by atoms with Crippen molar-refractivity contribution in [3.63, 3.8) is 0 Å². The zero-order chi connectivity index (χ0) is 17.0. The Labute approximate surface area is 140 Å². The molecule has 0 aliphatic heterocycles. The van der Waals surface area contributed by atoms with Crippen LogP contribution in [0.4, 0.5) is 4.39 Å². The minimum Gasteiger partial charge on any atom is -0.207 e. The van der Waals surface area contributed by atoms with Gasteiger partial charge in [-0.15, -0.1) is 0 Å². The first-order valence-corrected chi connectivity index (χ1v) is 8.92. The van der Waals surface area contributed by atoms with E-state index in [2.05, 4.69) is 4.72 Å². The van der Waals surface area contributed by atoms with Crippen LogP contribution >= 0.6 is 0 Å². The zero-order valence-corrected chi connectivity index (χ0v) is 13.6. The van der Waals surface area contributed by atoms with E-state index in [1.165, 1.54) is 24.3 Å². The SMILES string of the molecule is O=S(=O)(NC(c1ccccc1)c1ccc(F)cc1)c1ccccc1. The van der Waals surface area contributed by atoms with Gasteiger partial charge in [0, 0.05) is 0 Å². The highest BCUT2D eigenvalue weighted by Crippen LogP contribution is 2.24. The first kappa shape index (κ1) is 16.4. The van der Waals surface area contributed by atoms with Crippen molar-refractivity contribution in [1.82, 2.24) is 4.72 Å². The summed E-state index contributed by atoms with van der Waals surface area (Å²) in [6.45, 7) is 0. The van der Waals surface area contributed by atoms with Gasteiger partial charge in [-0.1, -0.05) is 60.7 Å². The summed E-state index contributed by atoms with van der Waals surface area (Å²) in [5.41, 5.74) is 1.45. The topological polar surface area (TPSA) is 46.2 Å². The van der Waals surface area contributed by atoms with Crippen LogP contribution in [-0.2, 0) is 10.0 Å². The molecule has 0 saturated heterocycles. The fourth-order valence-corrected chi connectivity index (χ4v) is 3.69. The lowest BCUT2D eigenvalue weighted by Gasteiger charge is -2.20. The van der Waals surface area contributed by atoms with E-state index in [1.807, 2.05) is 30.3 Å². The molecule has 1 N–H and O–H groups in total. The molecule has 5 heteroatoms. The predicted molar refractivity (Wildman–Crippen MR) is 91.4 cm³/mol. The van der Waals surface area contributed by atoms with Gasteiger partial charge < -0.3 is 0 Å². The second-order valence-electron chi connectivity index (χ2n) is 5.33. The third-order valence-corrected chi connectivity index (χ3v) is 5.10.